The van der Waals surface area contributed by atoms with Crippen molar-refractivity contribution in [2.75, 3.05) is 19.1 Å². The van der Waals surface area contributed by atoms with Gasteiger partial charge in [0.15, 0.2) is 0 Å². The van der Waals surface area contributed by atoms with Gasteiger partial charge in [-0.25, -0.2) is 4.68 Å². The third kappa shape index (κ3) is 3.64. The van der Waals surface area contributed by atoms with E-state index in [9.17, 15) is 0 Å². The summed E-state index contributed by atoms with van der Waals surface area (Å²) in [6.07, 6.45) is 3.28. The Kier molecular flexibility index (Phi) is 5.85. The number of hydrogen-bond donors (Lipinski definition) is 1. The highest BCUT2D eigenvalue weighted by Crippen LogP contribution is 2.20. The normalized spacial score (nSPS) is 12.8. The van der Waals surface area contributed by atoms with Crippen LogP contribution >= 0.6 is 11.8 Å². The van der Waals surface area contributed by atoms with Gasteiger partial charge in [-0.05, 0) is 19.6 Å². The van der Waals surface area contributed by atoms with Gasteiger partial charge in [-0.15, -0.1) is 0 Å². The maximum atomic E-state index is 5.38. The summed E-state index contributed by atoms with van der Waals surface area (Å²) in [6, 6.07) is 0.550. The molecule has 0 aliphatic carbocycles. The highest BCUT2D eigenvalue weighted by molar-refractivity contribution is 7.98. The zero-order valence-electron chi connectivity index (χ0n) is 11.4. The van der Waals surface area contributed by atoms with Crippen LogP contribution in [0.4, 0.5) is 0 Å². The molecule has 0 radical (unpaired) electrons. The lowest BCUT2D eigenvalue weighted by Gasteiger charge is -2.15. The first-order valence-corrected chi connectivity index (χ1v) is 7.32. The quantitative estimate of drug-likeness (QED) is 0.810. The molecule has 0 aromatic carbocycles. The van der Waals surface area contributed by atoms with E-state index in [0.29, 0.717) is 6.04 Å². The molecule has 98 valence electrons. The molecule has 1 atom stereocenters. The first-order chi connectivity index (χ1) is 8.13. The molecule has 0 fully saturated rings. The molecule has 1 aromatic rings. The molecule has 0 amide bonds. The van der Waals surface area contributed by atoms with Crippen molar-refractivity contribution in [1.29, 1.82) is 0 Å². The predicted molar refractivity (Wildman–Crippen MR) is 73.8 cm³/mol. The van der Waals surface area contributed by atoms with Crippen molar-refractivity contribution in [3.05, 3.63) is 11.3 Å². The predicted octanol–water partition coefficient (Wildman–Crippen LogP) is 1.97. The Bertz CT molecular complexity index is 352. The SMILES string of the molecule is CCC(CSC)NCc1c(C)nn(C)c1OC. The van der Waals surface area contributed by atoms with Crippen LogP contribution < -0.4 is 10.1 Å². The lowest BCUT2D eigenvalue weighted by molar-refractivity contribution is 0.367. The van der Waals surface area contributed by atoms with Crippen LogP contribution in [-0.2, 0) is 13.6 Å². The highest BCUT2D eigenvalue weighted by atomic mass is 32.2. The minimum Gasteiger partial charge on any atom is -0.481 e. The average Bonchev–Trinajstić information content (AvgIpc) is 2.58. The van der Waals surface area contributed by atoms with Gasteiger partial charge in [0.1, 0.15) is 0 Å². The fourth-order valence-electron chi connectivity index (χ4n) is 1.91. The number of ether oxygens (including phenoxy) is 1. The summed E-state index contributed by atoms with van der Waals surface area (Å²) in [5.41, 5.74) is 2.20. The van der Waals surface area contributed by atoms with Crippen LogP contribution in [0.5, 0.6) is 5.88 Å². The topological polar surface area (TPSA) is 39.1 Å². The Morgan fingerprint density at radius 1 is 1.53 bits per heavy atom. The number of nitrogens with one attached hydrogen (secondary N) is 1. The minimum absolute atomic E-state index is 0.550. The van der Waals surface area contributed by atoms with E-state index in [-0.39, 0.29) is 0 Å². The second-order valence-corrected chi connectivity index (χ2v) is 5.05. The Balaban J connectivity index is 2.67. The van der Waals surface area contributed by atoms with Gasteiger partial charge in [-0.3, -0.25) is 0 Å². The standard InChI is InChI=1S/C12H23N3OS/c1-6-10(8-17-5)13-7-11-9(2)14-15(3)12(11)16-4/h10,13H,6-8H2,1-5H3. The van der Waals surface area contributed by atoms with Crippen molar-refractivity contribution in [1.82, 2.24) is 15.1 Å². The van der Waals surface area contributed by atoms with Crippen LogP contribution in [0.3, 0.4) is 0 Å². The van der Waals surface area contributed by atoms with E-state index >= 15 is 0 Å². The van der Waals surface area contributed by atoms with Gasteiger partial charge in [0, 0.05) is 25.4 Å². The smallest absolute Gasteiger partial charge is 0.216 e. The van der Waals surface area contributed by atoms with E-state index in [0.717, 1.165) is 35.9 Å². The molecule has 0 saturated carbocycles. The van der Waals surface area contributed by atoms with Crippen molar-refractivity contribution in [3.63, 3.8) is 0 Å². The third-order valence-corrected chi connectivity index (χ3v) is 3.65. The van der Waals surface area contributed by atoms with Crippen molar-refractivity contribution >= 4 is 11.8 Å². The molecule has 0 bridgehead atoms. The van der Waals surface area contributed by atoms with Crippen molar-refractivity contribution in [2.24, 2.45) is 7.05 Å². The summed E-state index contributed by atoms with van der Waals surface area (Å²) in [5, 5.41) is 7.94. The number of methoxy groups -OCH3 is 1. The van der Waals surface area contributed by atoms with E-state index in [4.69, 9.17) is 4.74 Å². The maximum absolute atomic E-state index is 5.38. The first-order valence-electron chi connectivity index (χ1n) is 5.92. The van der Waals surface area contributed by atoms with Gasteiger partial charge < -0.3 is 10.1 Å². The molecular formula is C12H23N3OS. The Hall–Kier alpha value is -0.680. The molecule has 1 aromatic heterocycles. The second kappa shape index (κ2) is 6.91. The molecule has 0 aliphatic rings. The number of thioether (sulfide) groups is 1. The third-order valence-electron chi connectivity index (χ3n) is 2.91. The van der Waals surface area contributed by atoms with Crippen LogP contribution in [0.15, 0.2) is 0 Å². The van der Waals surface area contributed by atoms with Crippen LogP contribution in [0, 0.1) is 6.92 Å². The number of nitrogens with zero attached hydrogens (tertiary/aromatic N) is 2. The van der Waals surface area contributed by atoms with E-state index < -0.39 is 0 Å². The lowest BCUT2D eigenvalue weighted by atomic mass is 10.2. The zero-order chi connectivity index (χ0) is 12.8. The Labute approximate surface area is 108 Å². The van der Waals surface area contributed by atoms with Crippen LogP contribution in [-0.4, -0.2) is 34.9 Å². The molecule has 17 heavy (non-hydrogen) atoms. The molecule has 1 unspecified atom stereocenters. The Morgan fingerprint density at radius 3 is 2.76 bits per heavy atom. The van der Waals surface area contributed by atoms with Crippen molar-refractivity contribution in [2.45, 2.75) is 32.9 Å². The largest absolute Gasteiger partial charge is 0.481 e. The highest BCUT2D eigenvalue weighted by Gasteiger charge is 2.14. The Morgan fingerprint density at radius 2 is 2.24 bits per heavy atom. The second-order valence-electron chi connectivity index (χ2n) is 4.14. The molecule has 1 N–H and O–H groups in total. The van der Waals surface area contributed by atoms with Crippen molar-refractivity contribution in [3.8, 4) is 5.88 Å². The summed E-state index contributed by atoms with van der Waals surface area (Å²) >= 11 is 1.87. The molecule has 4 nitrogen and oxygen atoms in total. The van der Waals surface area contributed by atoms with E-state index in [1.807, 2.05) is 25.7 Å². The summed E-state index contributed by atoms with van der Waals surface area (Å²) < 4.78 is 7.17. The van der Waals surface area contributed by atoms with Crippen molar-refractivity contribution < 1.29 is 4.74 Å². The van der Waals surface area contributed by atoms with E-state index in [2.05, 4.69) is 23.6 Å². The van der Waals surface area contributed by atoms with E-state index in [1.165, 1.54) is 0 Å². The summed E-state index contributed by atoms with van der Waals surface area (Å²) in [5.74, 6) is 1.99. The fourth-order valence-corrected chi connectivity index (χ4v) is 2.66. The maximum Gasteiger partial charge on any atom is 0.216 e. The number of aromatic nitrogens is 2. The molecule has 1 heterocycles. The summed E-state index contributed by atoms with van der Waals surface area (Å²) in [6.45, 7) is 5.05. The first kappa shape index (κ1) is 14.4. The lowest BCUT2D eigenvalue weighted by Crippen LogP contribution is -2.30. The van der Waals surface area contributed by atoms with Gasteiger partial charge in [-0.2, -0.15) is 16.9 Å². The number of hydrogen-bond acceptors (Lipinski definition) is 4. The van der Waals surface area contributed by atoms with Gasteiger partial charge in [-0.1, -0.05) is 6.92 Å². The molecule has 5 heteroatoms. The molecular weight excluding hydrogens is 234 g/mol. The zero-order valence-corrected chi connectivity index (χ0v) is 12.2. The summed E-state index contributed by atoms with van der Waals surface area (Å²) in [7, 11) is 3.60. The monoisotopic (exact) mass is 257 g/mol. The molecule has 0 aliphatic heterocycles. The van der Waals surface area contributed by atoms with E-state index in [1.54, 1.807) is 11.8 Å². The average molecular weight is 257 g/mol. The fraction of sp³-hybridized carbons (Fsp3) is 0.750. The van der Waals surface area contributed by atoms with Gasteiger partial charge in [0.05, 0.1) is 18.4 Å². The summed E-state index contributed by atoms with van der Waals surface area (Å²) in [4.78, 5) is 0. The molecule has 0 spiro atoms. The van der Waals surface area contributed by atoms with Crippen LogP contribution in [0.2, 0.25) is 0 Å². The van der Waals surface area contributed by atoms with Crippen LogP contribution in [0.25, 0.3) is 0 Å². The van der Waals surface area contributed by atoms with Gasteiger partial charge in [0.25, 0.3) is 0 Å². The van der Waals surface area contributed by atoms with Gasteiger partial charge >= 0.3 is 0 Å². The molecule has 0 saturated heterocycles. The molecule has 1 rings (SSSR count). The van der Waals surface area contributed by atoms with Crippen LogP contribution in [0.1, 0.15) is 24.6 Å². The number of rotatable bonds is 7. The van der Waals surface area contributed by atoms with Gasteiger partial charge in [0.2, 0.25) is 5.88 Å². The minimum atomic E-state index is 0.550. The number of aryl methyl sites for hydroxylation is 2.